The van der Waals surface area contributed by atoms with Crippen molar-refractivity contribution in [2.24, 2.45) is 0 Å². The number of rotatable bonds is 5. The van der Waals surface area contributed by atoms with Gasteiger partial charge in [0.25, 0.3) is 0 Å². The van der Waals surface area contributed by atoms with Crippen molar-refractivity contribution in [1.82, 2.24) is 19.4 Å². The Morgan fingerprint density at radius 3 is 2.77 bits per heavy atom. The SMILES string of the molecule is CC(C)c1nccn1-c1cccc([C@H]2CCCN(C(=O)Cc3ccc(F)cc3)C2)n1. The van der Waals surface area contributed by atoms with E-state index < -0.39 is 0 Å². The van der Waals surface area contributed by atoms with Gasteiger partial charge in [-0.15, -0.1) is 0 Å². The first kappa shape index (κ1) is 20.3. The van der Waals surface area contributed by atoms with E-state index in [9.17, 15) is 9.18 Å². The van der Waals surface area contributed by atoms with E-state index in [-0.39, 0.29) is 17.6 Å². The largest absolute Gasteiger partial charge is 0.342 e. The summed E-state index contributed by atoms with van der Waals surface area (Å²) in [6.07, 6.45) is 6.01. The monoisotopic (exact) mass is 406 g/mol. The fourth-order valence-electron chi connectivity index (χ4n) is 4.07. The van der Waals surface area contributed by atoms with Gasteiger partial charge in [0.2, 0.25) is 5.91 Å². The fourth-order valence-corrected chi connectivity index (χ4v) is 4.07. The maximum atomic E-state index is 13.1. The van der Waals surface area contributed by atoms with Gasteiger partial charge in [-0.25, -0.2) is 14.4 Å². The van der Waals surface area contributed by atoms with E-state index in [1.54, 1.807) is 18.3 Å². The van der Waals surface area contributed by atoms with E-state index in [2.05, 4.69) is 18.8 Å². The molecule has 0 bridgehead atoms. The van der Waals surface area contributed by atoms with Crippen LogP contribution in [0, 0.1) is 5.82 Å². The third-order valence-corrected chi connectivity index (χ3v) is 5.65. The van der Waals surface area contributed by atoms with Gasteiger partial charge >= 0.3 is 0 Å². The molecular formula is C24H27FN4O. The fraction of sp³-hybridized carbons (Fsp3) is 0.375. The summed E-state index contributed by atoms with van der Waals surface area (Å²) >= 11 is 0. The number of hydrogen-bond acceptors (Lipinski definition) is 3. The smallest absolute Gasteiger partial charge is 0.227 e. The third-order valence-electron chi connectivity index (χ3n) is 5.65. The molecule has 1 amide bonds. The van der Waals surface area contributed by atoms with Crippen LogP contribution >= 0.6 is 0 Å². The van der Waals surface area contributed by atoms with Crippen molar-refractivity contribution >= 4 is 5.91 Å². The van der Waals surface area contributed by atoms with Crippen molar-refractivity contribution in [3.63, 3.8) is 0 Å². The Kier molecular flexibility index (Phi) is 5.93. The average molecular weight is 407 g/mol. The Balaban J connectivity index is 1.48. The first-order valence-electron chi connectivity index (χ1n) is 10.5. The van der Waals surface area contributed by atoms with Gasteiger partial charge in [0.1, 0.15) is 17.5 Å². The molecule has 3 heterocycles. The quantitative estimate of drug-likeness (QED) is 0.628. The summed E-state index contributed by atoms with van der Waals surface area (Å²) in [6.45, 7) is 5.66. The normalized spacial score (nSPS) is 16.8. The minimum absolute atomic E-state index is 0.0826. The molecule has 5 nitrogen and oxygen atoms in total. The van der Waals surface area contributed by atoms with Crippen LogP contribution < -0.4 is 0 Å². The number of carbonyl (C=O) groups excluding carboxylic acids is 1. The molecule has 1 aromatic carbocycles. The number of halogens is 1. The van der Waals surface area contributed by atoms with Gasteiger partial charge in [-0.1, -0.05) is 32.0 Å². The average Bonchev–Trinajstić information content (AvgIpc) is 3.26. The van der Waals surface area contributed by atoms with Crippen molar-refractivity contribution in [2.45, 2.75) is 44.9 Å². The summed E-state index contributed by atoms with van der Waals surface area (Å²) in [5, 5.41) is 0. The molecule has 6 heteroatoms. The lowest BCUT2D eigenvalue weighted by Crippen LogP contribution is -2.40. The number of hydrogen-bond donors (Lipinski definition) is 0. The molecule has 0 N–H and O–H groups in total. The van der Waals surface area contributed by atoms with Crippen LogP contribution in [0.2, 0.25) is 0 Å². The topological polar surface area (TPSA) is 51.0 Å². The molecular weight excluding hydrogens is 379 g/mol. The van der Waals surface area contributed by atoms with Crippen LogP contribution in [0.5, 0.6) is 0 Å². The van der Waals surface area contributed by atoms with Crippen LogP contribution in [-0.4, -0.2) is 38.4 Å². The summed E-state index contributed by atoms with van der Waals surface area (Å²) in [5.74, 6) is 2.16. The van der Waals surface area contributed by atoms with Gasteiger partial charge in [-0.3, -0.25) is 9.36 Å². The molecule has 1 aliphatic rings. The van der Waals surface area contributed by atoms with Crippen LogP contribution in [0.1, 0.15) is 55.6 Å². The van der Waals surface area contributed by atoms with Crippen molar-refractivity contribution in [1.29, 1.82) is 0 Å². The predicted octanol–water partition coefficient (Wildman–Crippen LogP) is 4.48. The number of nitrogens with zero attached hydrogens (tertiary/aromatic N) is 4. The van der Waals surface area contributed by atoms with E-state index in [1.165, 1.54) is 12.1 Å². The molecule has 4 rings (SSSR count). The van der Waals surface area contributed by atoms with E-state index in [0.717, 1.165) is 42.3 Å². The molecule has 0 unspecified atom stereocenters. The highest BCUT2D eigenvalue weighted by atomic mass is 19.1. The van der Waals surface area contributed by atoms with E-state index >= 15 is 0 Å². The van der Waals surface area contributed by atoms with Crippen molar-refractivity contribution in [3.8, 4) is 5.82 Å². The maximum absolute atomic E-state index is 13.1. The Morgan fingerprint density at radius 2 is 2.00 bits per heavy atom. The van der Waals surface area contributed by atoms with Gasteiger partial charge < -0.3 is 4.90 Å². The number of pyridine rings is 1. The van der Waals surface area contributed by atoms with E-state index in [0.29, 0.717) is 18.9 Å². The second-order valence-electron chi connectivity index (χ2n) is 8.21. The molecule has 1 fully saturated rings. The second-order valence-corrected chi connectivity index (χ2v) is 8.21. The van der Waals surface area contributed by atoms with Crippen LogP contribution in [0.25, 0.3) is 5.82 Å². The van der Waals surface area contributed by atoms with Crippen LogP contribution in [-0.2, 0) is 11.2 Å². The Morgan fingerprint density at radius 1 is 1.20 bits per heavy atom. The number of aromatic nitrogens is 3. The van der Waals surface area contributed by atoms with Crippen molar-refractivity contribution < 1.29 is 9.18 Å². The summed E-state index contributed by atoms with van der Waals surface area (Å²) < 4.78 is 15.1. The Hall–Kier alpha value is -3.02. The predicted molar refractivity (Wildman–Crippen MR) is 114 cm³/mol. The minimum atomic E-state index is -0.284. The highest BCUT2D eigenvalue weighted by Crippen LogP contribution is 2.27. The molecule has 2 aromatic heterocycles. The van der Waals surface area contributed by atoms with Gasteiger partial charge in [0, 0.05) is 43.0 Å². The summed E-state index contributed by atoms with van der Waals surface area (Å²) in [6, 6.07) is 12.2. The zero-order valence-corrected chi connectivity index (χ0v) is 17.5. The van der Waals surface area contributed by atoms with E-state index in [4.69, 9.17) is 4.98 Å². The standard InChI is InChI=1S/C24H27FN4O/c1-17(2)24-26-12-14-29(24)22-7-3-6-21(27-22)19-5-4-13-28(16-19)23(30)15-18-8-10-20(25)11-9-18/h3,6-12,14,17,19H,4-5,13,15-16H2,1-2H3/t19-/m0/s1. The number of carbonyl (C=O) groups is 1. The van der Waals surface area contributed by atoms with Gasteiger partial charge in [0.15, 0.2) is 0 Å². The lowest BCUT2D eigenvalue weighted by molar-refractivity contribution is -0.131. The van der Waals surface area contributed by atoms with Crippen molar-refractivity contribution in [3.05, 3.63) is 77.8 Å². The molecule has 1 aliphatic heterocycles. The molecule has 3 aromatic rings. The van der Waals surface area contributed by atoms with Crippen LogP contribution in [0.15, 0.2) is 54.9 Å². The van der Waals surface area contributed by atoms with Gasteiger partial charge in [-0.05, 0) is 42.7 Å². The third kappa shape index (κ3) is 4.42. The minimum Gasteiger partial charge on any atom is -0.342 e. The molecule has 1 saturated heterocycles. The van der Waals surface area contributed by atoms with Gasteiger partial charge in [-0.2, -0.15) is 0 Å². The number of benzene rings is 1. The first-order valence-corrected chi connectivity index (χ1v) is 10.5. The lowest BCUT2D eigenvalue weighted by atomic mass is 9.93. The van der Waals surface area contributed by atoms with Gasteiger partial charge in [0.05, 0.1) is 6.42 Å². The molecule has 0 aliphatic carbocycles. The Bertz CT molecular complexity index is 1010. The summed E-state index contributed by atoms with van der Waals surface area (Å²) in [5.41, 5.74) is 1.85. The molecule has 0 radical (unpaired) electrons. The molecule has 156 valence electrons. The van der Waals surface area contributed by atoms with E-state index in [1.807, 2.05) is 33.9 Å². The highest BCUT2D eigenvalue weighted by molar-refractivity contribution is 5.79. The lowest BCUT2D eigenvalue weighted by Gasteiger charge is -2.32. The molecule has 30 heavy (non-hydrogen) atoms. The summed E-state index contributed by atoms with van der Waals surface area (Å²) in [4.78, 5) is 24.1. The zero-order chi connectivity index (χ0) is 21.1. The van der Waals surface area contributed by atoms with Crippen molar-refractivity contribution in [2.75, 3.05) is 13.1 Å². The van der Waals surface area contributed by atoms with Crippen LogP contribution in [0.4, 0.5) is 4.39 Å². The summed E-state index contributed by atoms with van der Waals surface area (Å²) in [7, 11) is 0. The number of imidazole rings is 1. The molecule has 0 saturated carbocycles. The zero-order valence-electron chi connectivity index (χ0n) is 17.5. The number of piperidine rings is 1. The molecule has 1 atom stereocenters. The molecule has 0 spiro atoms. The maximum Gasteiger partial charge on any atom is 0.227 e. The number of amides is 1. The number of likely N-dealkylation sites (tertiary alicyclic amines) is 1. The highest BCUT2D eigenvalue weighted by Gasteiger charge is 2.26. The van der Waals surface area contributed by atoms with Crippen LogP contribution in [0.3, 0.4) is 0 Å². The Labute approximate surface area is 176 Å². The second kappa shape index (κ2) is 8.78. The first-order chi connectivity index (χ1) is 14.5.